The molecule has 3 rings (SSSR count). The van der Waals surface area contributed by atoms with Gasteiger partial charge in [-0.2, -0.15) is 5.10 Å². The van der Waals surface area contributed by atoms with Crippen molar-refractivity contribution in [2.75, 3.05) is 0 Å². The van der Waals surface area contributed by atoms with Crippen molar-refractivity contribution in [3.8, 4) is 5.69 Å². The van der Waals surface area contributed by atoms with Crippen LogP contribution in [-0.4, -0.2) is 32.7 Å². The summed E-state index contributed by atoms with van der Waals surface area (Å²) >= 11 is 0. The van der Waals surface area contributed by atoms with Crippen LogP contribution in [-0.2, 0) is 4.79 Å². The molecule has 0 unspecified atom stereocenters. The number of carbonyl (C=O) groups is 1. The van der Waals surface area contributed by atoms with Crippen molar-refractivity contribution in [1.82, 2.24) is 14.7 Å². The summed E-state index contributed by atoms with van der Waals surface area (Å²) in [5.74, 6) is 0.109. The van der Waals surface area contributed by atoms with E-state index in [-0.39, 0.29) is 11.9 Å². The molecule has 138 valence electrons. The molecular formula is C22H29N3O. The molecule has 1 aliphatic carbocycles. The van der Waals surface area contributed by atoms with Crippen LogP contribution in [0.2, 0.25) is 0 Å². The largest absolute Gasteiger partial charge is 0.334 e. The van der Waals surface area contributed by atoms with Gasteiger partial charge in [-0.3, -0.25) is 4.79 Å². The van der Waals surface area contributed by atoms with Crippen LogP contribution in [0.4, 0.5) is 0 Å². The lowest BCUT2D eigenvalue weighted by atomic mass is 10.1. The van der Waals surface area contributed by atoms with Gasteiger partial charge in [0, 0.05) is 29.4 Å². The second kappa shape index (κ2) is 7.90. The van der Waals surface area contributed by atoms with Gasteiger partial charge in [-0.25, -0.2) is 4.68 Å². The van der Waals surface area contributed by atoms with Crippen molar-refractivity contribution in [1.29, 1.82) is 0 Å². The number of nitrogens with zero attached hydrogens (tertiary/aromatic N) is 3. The summed E-state index contributed by atoms with van der Waals surface area (Å²) in [4.78, 5) is 14.9. The van der Waals surface area contributed by atoms with Gasteiger partial charge in [0.05, 0.1) is 11.4 Å². The van der Waals surface area contributed by atoms with E-state index in [2.05, 4.69) is 23.8 Å². The first kappa shape index (κ1) is 18.4. The van der Waals surface area contributed by atoms with Gasteiger partial charge in [0.15, 0.2) is 0 Å². The van der Waals surface area contributed by atoms with Gasteiger partial charge >= 0.3 is 0 Å². The van der Waals surface area contributed by atoms with Crippen molar-refractivity contribution in [2.24, 2.45) is 0 Å². The molecule has 1 fully saturated rings. The molecule has 2 aromatic rings. The summed E-state index contributed by atoms with van der Waals surface area (Å²) < 4.78 is 1.94. The summed E-state index contributed by atoms with van der Waals surface area (Å²) in [6.45, 7) is 8.25. The van der Waals surface area contributed by atoms with Crippen molar-refractivity contribution in [3.05, 3.63) is 53.4 Å². The molecule has 1 amide bonds. The van der Waals surface area contributed by atoms with Crippen LogP contribution in [0.3, 0.4) is 0 Å². The van der Waals surface area contributed by atoms with Crippen molar-refractivity contribution < 1.29 is 4.79 Å². The van der Waals surface area contributed by atoms with Crippen LogP contribution in [0.15, 0.2) is 36.4 Å². The maximum absolute atomic E-state index is 12.9. The molecule has 0 radical (unpaired) electrons. The first-order chi connectivity index (χ1) is 12.5. The normalized spacial score (nSPS) is 15.3. The predicted octanol–water partition coefficient (Wildman–Crippen LogP) is 4.68. The molecule has 4 nitrogen and oxygen atoms in total. The molecule has 1 saturated carbocycles. The molecule has 1 heterocycles. The minimum absolute atomic E-state index is 0.109. The van der Waals surface area contributed by atoms with E-state index in [9.17, 15) is 4.79 Å². The smallest absolute Gasteiger partial charge is 0.247 e. The molecule has 0 spiro atoms. The predicted molar refractivity (Wildman–Crippen MR) is 106 cm³/mol. The Bertz CT molecular complexity index is 783. The van der Waals surface area contributed by atoms with Crippen LogP contribution in [0.1, 0.15) is 56.5 Å². The number of carbonyl (C=O) groups excluding carboxylic acids is 1. The highest BCUT2D eigenvalue weighted by molar-refractivity contribution is 5.92. The lowest BCUT2D eigenvalue weighted by Crippen LogP contribution is -2.42. The number of hydrogen-bond acceptors (Lipinski definition) is 2. The van der Waals surface area contributed by atoms with E-state index in [1.807, 2.05) is 54.9 Å². The van der Waals surface area contributed by atoms with Crippen LogP contribution in [0.5, 0.6) is 0 Å². The summed E-state index contributed by atoms with van der Waals surface area (Å²) in [5.41, 5.74) is 4.05. The molecule has 1 aromatic heterocycles. The van der Waals surface area contributed by atoms with Crippen LogP contribution in [0.25, 0.3) is 11.8 Å². The maximum atomic E-state index is 12.9. The van der Waals surface area contributed by atoms with Crippen molar-refractivity contribution in [3.63, 3.8) is 0 Å². The zero-order valence-corrected chi connectivity index (χ0v) is 16.3. The third kappa shape index (κ3) is 3.74. The second-order valence-corrected chi connectivity index (χ2v) is 7.44. The fourth-order valence-electron chi connectivity index (χ4n) is 4.00. The molecule has 0 saturated heterocycles. The highest BCUT2D eigenvalue weighted by atomic mass is 16.2. The third-order valence-corrected chi connectivity index (χ3v) is 5.27. The average molecular weight is 351 g/mol. The Balaban J connectivity index is 1.84. The minimum atomic E-state index is 0.109. The number of para-hydroxylation sites is 1. The highest BCUT2D eigenvalue weighted by Crippen LogP contribution is 2.26. The Hall–Kier alpha value is -2.36. The van der Waals surface area contributed by atoms with Gasteiger partial charge in [-0.05, 0) is 58.7 Å². The Morgan fingerprint density at radius 1 is 1.19 bits per heavy atom. The molecule has 0 N–H and O–H groups in total. The monoisotopic (exact) mass is 351 g/mol. The molecule has 4 heteroatoms. The summed E-state index contributed by atoms with van der Waals surface area (Å²) in [6, 6.07) is 10.7. The standard InChI is InChI=1S/C22H29N3O/c1-16(2)24(19-10-8-9-11-19)22(26)15-14-21-17(3)23-25(18(21)4)20-12-6-5-7-13-20/h5-7,12-16,19H,8-11H2,1-4H3/b15-14+. The Labute approximate surface area is 156 Å². The van der Waals surface area contributed by atoms with E-state index in [0.717, 1.165) is 35.5 Å². The zero-order valence-electron chi connectivity index (χ0n) is 16.3. The van der Waals surface area contributed by atoms with Crippen molar-refractivity contribution in [2.45, 2.75) is 65.5 Å². The molecule has 0 atom stereocenters. The highest BCUT2D eigenvalue weighted by Gasteiger charge is 2.27. The second-order valence-electron chi connectivity index (χ2n) is 7.44. The SMILES string of the molecule is Cc1nn(-c2ccccc2)c(C)c1/C=C/C(=O)N(C(C)C)C1CCCC1. The third-order valence-electron chi connectivity index (χ3n) is 5.27. The maximum Gasteiger partial charge on any atom is 0.247 e. The number of amides is 1. The molecule has 0 bridgehead atoms. The summed E-state index contributed by atoms with van der Waals surface area (Å²) in [5, 5.41) is 4.66. The van der Waals surface area contributed by atoms with Crippen LogP contribution in [0, 0.1) is 13.8 Å². The topological polar surface area (TPSA) is 38.1 Å². The Kier molecular flexibility index (Phi) is 5.60. The van der Waals surface area contributed by atoms with E-state index in [1.54, 1.807) is 6.08 Å². The molecular weight excluding hydrogens is 322 g/mol. The fourth-order valence-corrected chi connectivity index (χ4v) is 4.00. The number of aryl methyl sites for hydroxylation is 1. The summed E-state index contributed by atoms with van der Waals surface area (Å²) in [7, 11) is 0. The number of rotatable bonds is 5. The molecule has 0 aliphatic heterocycles. The molecule has 1 aliphatic rings. The number of aromatic nitrogens is 2. The Morgan fingerprint density at radius 3 is 2.46 bits per heavy atom. The fraction of sp³-hybridized carbons (Fsp3) is 0.455. The number of benzene rings is 1. The minimum Gasteiger partial charge on any atom is -0.334 e. The molecule has 26 heavy (non-hydrogen) atoms. The van der Waals surface area contributed by atoms with E-state index in [4.69, 9.17) is 0 Å². The van der Waals surface area contributed by atoms with Gasteiger partial charge in [0.25, 0.3) is 0 Å². The van der Waals surface area contributed by atoms with E-state index in [1.165, 1.54) is 12.8 Å². The number of hydrogen-bond donors (Lipinski definition) is 0. The molecule has 1 aromatic carbocycles. The Morgan fingerprint density at radius 2 is 1.85 bits per heavy atom. The lowest BCUT2D eigenvalue weighted by Gasteiger charge is -2.31. The van der Waals surface area contributed by atoms with E-state index < -0.39 is 0 Å². The van der Waals surface area contributed by atoms with Crippen LogP contribution >= 0.6 is 0 Å². The van der Waals surface area contributed by atoms with Gasteiger partial charge in [0.2, 0.25) is 5.91 Å². The first-order valence-corrected chi connectivity index (χ1v) is 9.61. The van der Waals surface area contributed by atoms with Gasteiger partial charge in [0.1, 0.15) is 0 Å². The van der Waals surface area contributed by atoms with Gasteiger partial charge < -0.3 is 4.90 Å². The van der Waals surface area contributed by atoms with Crippen LogP contribution < -0.4 is 0 Å². The average Bonchev–Trinajstić information content (AvgIpc) is 3.23. The first-order valence-electron chi connectivity index (χ1n) is 9.61. The van der Waals surface area contributed by atoms with E-state index in [0.29, 0.717) is 6.04 Å². The van der Waals surface area contributed by atoms with Gasteiger partial charge in [-0.1, -0.05) is 31.0 Å². The zero-order chi connectivity index (χ0) is 18.7. The van der Waals surface area contributed by atoms with Crippen molar-refractivity contribution >= 4 is 12.0 Å². The quantitative estimate of drug-likeness (QED) is 0.734. The lowest BCUT2D eigenvalue weighted by molar-refractivity contribution is -0.130. The van der Waals surface area contributed by atoms with E-state index >= 15 is 0 Å². The van der Waals surface area contributed by atoms with Gasteiger partial charge in [-0.15, -0.1) is 0 Å². The summed E-state index contributed by atoms with van der Waals surface area (Å²) in [6.07, 6.45) is 8.37.